The van der Waals surface area contributed by atoms with Crippen LogP contribution < -0.4 is 11.1 Å². The van der Waals surface area contributed by atoms with Gasteiger partial charge in [0.2, 0.25) is 5.91 Å². The standard InChI is InChI=1S/C15H20N4O/c1-19-11-14(10-18-19)13-5-2-4-12(8-13)9-17-15(20)6-3-7-16/h2,4-5,8,10-11H,3,6-7,9,16H2,1H3,(H,17,20). The number of rotatable bonds is 6. The van der Waals surface area contributed by atoms with Gasteiger partial charge in [0.05, 0.1) is 6.20 Å². The molecule has 106 valence electrons. The number of nitrogens with one attached hydrogen (secondary N) is 1. The van der Waals surface area contributed by atoms with E-state index in [0.717, 1.165) is 23.1 Å². The second kappa shape index (κ2) is 6.86. The molecule has 2 rings (SSSR count). The summed E-state index contributed by atoms with van der Waals surface area (Å²) in [5.74, 6) is 0.0437. The average molecular weight is 272 g/mol. The van der Waals surface area contributed by atoms with Gasteiger partial charge in [0.1, 0.15) is 0 Å². The maximum atomic E-state index is 11.6. The molecule has 1 amide bonds. The van der Waals surface area contributed by atoms with Crippen LogP contribution in [0.3, 0.4) is 0 Å². The molecule has 3 N–H and O–H groups in total. The number of aromatic nitrogens is 2. The number of benzene rings is 1. The van der Waals surface area contributed by atoms with E-state index >= 15 is 0 Å². The summed E-state index contributed by atoms with van der Waals surface area (Å²) in [6, 6.07) is 8.10. The molecule has 0 radical (unpaired) electrons. The van der Waals surface area contributed by atoms with Crippen molar-refractivity contribution in [3.63, 3.8) is 0 Å². The van der Waals surface area contributed by atoms with Crippen molar-refractivity contribution in [1.82, 2.24) is 15.1 Å². The Labute approximate surface area is 118 Å². The summed E-state index contributed by atoms with van der Waals surface area (Å²) < 4.78 is 1.77. The quantitative estimate of drug-likeness (QED) is 0.835. The Balaban J connectivity index is 1.98. The number of hydrogen-bond acceptors (Lipinski definition) is 3. The third-order valence-electron chi connectivity index (χ3n) is 3.06. The van der Waals surface area contributed by atoms with Crippen LogP contribution in [-0.2, 0) is 18.4 Å². The van der Waals surface area contributed by atoms with Crippen LogP contribution in [0, 0.1) is 0 Å². The summed E-state index contributed by atoms with van der Waals surface area (Å²) >= 11 is 0. The van der Waals surface area contributed by atoms with Crippen LogP contribution in [0.2, 0.25) is 0 Å². The fraction of sp³-hybridized carbons (Fsp3) is 0.333. The van der Waals surface area contributed by atoms with E-state index in [1.54, 1.807) is 4.68 Å². The third kappa shape index (κ3) is 3.93. The molecule has 0 aliphatic heterocycles. The molecule has 0 bridgehead atoms. The third-order valence-corrected chi connectivity index (χ3v) is 3.06. The molecule has 5 nitrogen and oxygen atoms in total. The predicted octanol–water partition coefficient (Wildman–Crippen LogP) is 1.44. The normalized spacial score (nSPS) is 10.5. The van der Waals surface area contributed by atoms with Gasteiger partial charge in [0.25, 0.3) is 0 Å². The number of nitrogens with two attached hydrogens (primary N) is 1. The summed E-state index contributed by atoms with van der Waals surface area (Å²) in [5, 5.41) is 7.07. The highest BCUT2D eigenvalue weighted by Gasteiger charge is 2.03. The topological polar surface area (TPSA) is 72.9 Å². The summed E-state index contributed by atoms with van der Waals surface area (Å²) in [7, 11) is 1.89. The smallest absolute Gasteiger partial charge is 0.220 e. The van der Waals surface area contributed by atoms with E-state index in [4.69, 9.17) is 5.73 Å². The zero-order valence-corrected chi connectivity index (χ0v) is 11.7. The van der Waals surface area contributed by atoms with Gasteiger partial charge in [-0.2, -0.15) is 5.10 Å². The van der Waals surface area contributed by atoms with E-state index in [0.29, 0.717) is 19.5 Å². The molecule has 2 aromatic rings. The van der Waals surface area contributed by atoms with E-state index in [-0.39, 0.29) is 5.91 Å². The first kappa shape index (κ1) is 14.3. The van der Waals surface area contributed by atoms with Crippen LogP contribution in [0.4, 0.5) is 0 Å². The van der Waals surface area contributed by atoms with E-state index < -0.39 is 0 Å². The van der Waals surface area contributed by atoms with Gasteiger partial charge < -0.3 is 11.1 Å². The summed E-state index contributed by atoms with van der Waals surface area (Å²) in [6.45, 7) is 1.08. The highest BCUT2D eigenvalue weighted by molar-refractivity contribution is 5.75. The molecule has 0 saturated heterocycles. The Hall–Kier alpha value is -2.14. The lowest BCUT2D eigenvalue weighted by Gasteiger charge is -2.06. The molecule has 0 fully saturated rings. The van der Waals surface area contributed by atoms with Crippen LogP contribution in [0.1, 0.15) is 18.4 Å². The largest absolute Gasteiger partial charge is 0.352 e. The van der Waals surface area contributed by atoms with Crippen LogP contribution in [-0.4, -0.2) is 22.2 Å². The second-order valence-corrected chi connectivity index (χ2v) is 4.77. The van der Waals surface area contributed by atoms with Crippen molar-refractivity contribution >= 4 is 5.91 Å². The van der Waals surface area contributed by atoms with E-state index in [1.807, 2.05) is 37.6 Å². The maximum Gasteiger partial charge on any atom is 0.220 e. The van der Waals surface area contributed by atoms with E-state index in [2.05, 4.69) is 16.5 Å². The Morgan fingerprint density at radius 2 is 2.25 bits per heavy atom. The monoisotopic (exact) mass is 272 g/mol. The Kier molecular flexibility index (Phi) is 4.90. The van der Waals surface area contributed by atoms with Crippen LogP contribution in [0.25, 0.3) is 11.1 Å². The van der Waals surface area contributed by atoms with Crippen LogP contribution >= 0.6 is 0 Å². The highest BCUT2D eigenvalue weighted by Crippen LogP contribution is 2.19. The van der Waals surface area contributed by atoms with Gasteiger partial charge in [-0.15, -0.1) is 0 Å². The van der Waals surface area contributed by atoms with Gasteiger partial charge >= 0.3 is 0 Å². The first-order valence-electron chi connectivity index (χ1n) is 6.74. The molecule has 0 unspecified atom stereocenters. The molecule has 1 aromatic heterocycles. The lowest BCUT2D eigenvalue weighted by molar-refractivity contribution is -0.121. The Morgan fingerprint density at radius 1 is 1.40 bits per heavy atom. The van der Waals surface area contributed by atoms with Crippen molar-refractivity contribution in [2.24, 2.45) is 12.8 Å². The van der Waals surface area contributed by atoms with Crippen molar-refractivity contribution in [1.29, 1.82) is 0 Å². The zero-order chi connectivity index (χ0) is 14.4. The fourth-order valence-corrected chi connectivity index (χ4v) is 1.98. The number of nitrogens with zero attached hydrogens (tertiary/aromatic N) is 2. The number of aryl methyl sites for hydroxylation is 1. The lowest BCUT2D eigenvalue weighted by Crippen LogP contribution is -2.23. The first-order chi connectivity index (χ1) is 9.69. The molecule has 0 atom stereocenters. The number of hydrogen-bond donors (Lipinski definition) is 2. The van der Waals surface area contributed by atoms with E-state index in [1.165, 1.54) is 0 Å². The zero-order valence-electron chi connectivity index (χ0n) is 11.7. The molecule has 1 aromatic carbocycles. The maximum absolute atomic E-state index is 11.6. The minimum atomic E-state index is 0.0437. The predicted molar refractivity (Wildman–Crippen MR) is 78.8 cm³/mol. The molecule has 5 heteroatoms. The van der Waals surface area contributed by atoms with E-state index in [9.17, 15) is 4.79 Å². The number of carbonyl (C=O) groups excluding carboxylic acids is 1. The molecule has 0 spiro atoms. The second-order valence-electron chi connectivity index (χ2n) is 4.77. The SMILES string of the molecule is Cn1cc(-c2cccc(CNC(=O)CCCN)c2)cn1. The molecular formula is C15H20N4O. The fourth-order valence-electron chi connectivity index (χ4n) is 1.98. The number of amides is 1. The Bertz CT molecular complexity index is 577. The minimum Gasteiger partial charge on any atom is -0.352 e. The van der Waals surface area contributed by atoms with Crippen LogP contribution in [0.5, 0.6) is 0 Å². The van der Waals surface area contributed by atoms with Gasteiger partial charge in [-0.25, -0.2) is 0 Å². The van der Waals surface area contributed by atoms with Gasteiger partial charge in [0, 0.05) is 31.8 Å². The highest BCUT2D eigenvalue weighted by atomic mass is 16.1. The van der Waals surface area contributed by atoms with Crippen molar-refractivity contribution < 1.29 is 4.79 Å². The molecule has 0 aliphatic carbocycles. The first-order valence-corrected chi connectivity index (χ1v) is 6.74. The summed E-state index contributed by atoms with van der Waals surface area (Å²) in [5.41, 5.74) is 8.64. The molecule has 20 heavy (non-hydrogen) atoms. The van der Waals surface area contributed by atoms with Crippen molar-refractivity contribution in [3.8, 4) is 11.1 Å². The lowest BCUT2D eigenvalue weighted by atomic mass is 10.1. The van der Waals surface area contributed by atoms with Crippen molar-refractivity contribution in [3.05, 3.63) is 42.2 Å². The van der Waals surface area contributed by atoms with Crippen LogP contribution in [0.15, 0.2) is 36.7 Å². The number of carbonyl (C=O) groups is 1. The Morgan fingerprint density at radius 3 is 2.95 bits per heavy atom. The van der Waals surface area contributed by atoms with Crippen molar-refractivity contribution in [2.45, 2.75) is 19.4 Å². The van der Waals surface area contributed by atoms with Crippen molar-refractivity contribution in [2.75, 3.05) is 6.54 Å². The summed E-state index contributed by atoms with van der Waals surface area (Å²) in [6.07, 6.45) is 5.01. The summed E-state index contributed by atoms with van der Waals surface area (Å²) in [4.78, 5) is 11.6. The molecular weight excluding hydrogens is 252 g/mol. The van der Waals surface area contributed by atoms with Gasteiger partial charge in [-0.1, -0.05) is 18.2 Å². The molecule has 0 aliphatic rings. The molecule has 0 saturated carbocycles. The van der Waals surface area contributed by atoms with Gasteiger partial charge in [-0.05, 0) is 30.2 Å². The van der Waals surface area contributed by atoms with Gasteiger partial charge in [0.15, 0.2) is 0 Å². The average Bonchev–Trinajstić information content (AvgIpc) is 2.90. The molecule has 1 heterocycles. The minimum absolute atomic E-state index is 0.0437. The van der Waals surface area contributed by atoms with Gasteiger partial charge in [-0.3, -0.25) is 9.48 Å².